The lowest BCUT2D eigenvalue weighted by Gasteiger charge is -2.37. The topological polar surface area (TPSA) is 107 Å². The van der Waals surface area contributed by atoms with Crippen LogP contribution in [0.2, 0.25) is 0 Å². The van der Waals surface area contributed by atoms with Crippen LogP contribution in [0.4, 0.5) is 11.4 Å². The third-order valence-electron chi connectivity index (χ3n) is 6.44. The maximum atomic E-state index is 9.99. The fourth-order valence-electron chi connectivity index (χ4n) is 4.72. The summed E-state index contributed by atoms with van der Waals surface area (Å²) >= 11 is 0. The van der Waals surface area contributed by atoms with E-state index in [1.807, 2.05) is 55.5 Å². The fourth-order valence-corrected chi connectivity index (χ4v) is 4.72. The lowest BCUT2D eigenvalue weighted by atomic mass is 9.96. The molecule has 0 amide bonds. The van der Waals surface area contributed by atoms with Gasteiger partial charge in [0, 0.05) is 41.4 Å². The van der Waals surface area contributed by atoms with E-state index in [-0.39, 0.29) is 5.82 Å². The molecule has 0 radical (unpaired) electrons. The van der Waals surface area contributed by atoms with Crippen molar-refractivity contribution in [2.24, 2.45) is 15.7 Å². The summed E-state index contributed by atoms with van der Waals surface area (Å²) in [6.07, 6.45) is 5.98. The maximum absolute atomic E-state index is 9.99. The summed E-state index contributed by atoms with van der Waals surface area (Å²) in [6, 6.07) is 18.4. The van der Waals surface area contributed by atoms with Gasteiger partial charge in [0.1, 0.15) is 24.1 Å². The first-order valence-corrected chi connectivity index (χ1v) is 12.7. The van der Waals surface area contributed by atoms with E-state index >= 15 is 0 Å². The number of aliphatic imine (C=N–C) groups is 2. The first-order valence-electron chi connectivity index (χ1n) is 12.7. The highest BCUT2D eigenvalue weighted by Crippen LogP contribution is 2.42. The molecular formula is C31H32N8. The van der Waals surface area contributed by atoms with Crippen LogP contribution in [0.25, 0.3) is 16.8 Å². The van der Waals surface area contributed by atoms with Gasteiger partial charge in [-0.15, -0.1) is 0 Å². The highest BCUT2D eigenvalue weighted by Gasteiger charge is 2.29. The Balaban J connectivity index is 1.87. The number of allylic oxidation sites excluding steroid dienone is 2. The zero-order valence-corrected chi connectivity index (χ0v) is 22.6. The van der Waals surface area contributed by atoms with Crippen molar-refractivity contribution in [1.82, 2.24) is 14.9 Å². The molecule has 0 atom stereocenters. The first kappa shape index (κ1) is 27.0. The van der Waals surface area contributed by atoms with Gasteiger partial charge < -0.3 is 10.6 Å². The van der Waals surface area contributed by atoms with Gasteiger partial charge in [0.15, 0.2) is 0 Å². The van der Waals surface area contributed by atoms with Crippen molar-refractivity contribution in [2.75, 3.05) is 18.0 Å². The molecule has 3 aromatic rings. The molecule has 1 aliphatic rings. The zero-order valence-electron chi connectivity index (χ0n) is 22.6. The van der Waals surface area contributed by atoms with Gasteiger partial charge >= 0.3 is 0 Å². The number of anilines is 1. The Labute approximate surface area is 229 Å². The van der Waals surface area contributed by atoms with Gasteiger partial charge in [-0.3, -0.25) is 4.90 Å². The minimum absolute atomic E-state index is 0.162. The number of hydrogen-bond acceptors (Lipinski definition) is 8. The lowest BCUT2D eigenvalue weighted by molar-refractivity contribution is 0.388. The average molecular weight is 517 g/mol. The number of fused-ring (bicyclic) bond motifs is 1. The Morgan fingerprint density at radius 2 is 1.82 bits per heavy atom. The van der Waals surface area contributed by atoms with E-state index in [0.29, 0.717) is 17.8 Å². The molecule has 0 unspecified atom stereocenters. The highest BCUT2D eigenvalue weighted by atomic mass is 15.3. The molecule has 0 bridgehead atoms. The summed E-state index contributed by atoms with van der Waals surface area (Å²) in [5, 5.41) is 9.99. The highest BCUT2D eigenvalue weighted by molar-refractivity contribution is 6.15. The van der Waals surface area contributed by atoms with Gasteiger partial charge in [0.2, 0.25) is 0 Å². The molecule has 2 heterocycles. The molecule has 39 heavy (non-hydrogen) atoms. The molecule has 196 valence electrons. The smallest absolute Gasteiger partial charge is 0.133 e. The van der Waals surface area contributed by atoms with Crippen LogP contribution in [0.1, 0.15) is 32.8 Å². The largest absolute Gasteiger partial charge is 0.384 e. The molecule has 0 aliphatic carbocycles. The van der Waals surface area contributed by atoms with Crippen molar-refractivity contribution in [3.05, 3.63) is 103 Å². The summed E-state index contributed by atoms with van der Waals surface area (Å²) in [6.45, 7) is 15.2. The molecule has 2 aromatic carbocycles. The van der Waals surface area contributed by atoms with Crippen molar-refractivity contribution in [1.29, 1.82) is 5.26 Å². The fraction of sp³-hybridized carbons (Fsp3) is 0.194. The number of benzene rings is 2. The standard InChI is InChI=1S/C31H32N8/c1-6-15-38(22(3)28(16-32)21(2)36-24(5)33)19-30-37-29-14-10-13-27(25-17-34-20-35-18-25)31(29)23(4)39(30)26-11-8-7-9-12-26/h7-14,17-18,20H,4-6,15,19,33H2,1-3H3/b28-22+,36-21?. The van der Waals surface area contributed by atoms with Crippen molar-refractivity contribution < 1.29 is 0 Å². The number of amidine groups is 1. The van der Waals surface area contributed by atoms with Crippen molar-refractivity contribution in [3.63, 3.8) is 0 Å². The lowest BCUT2D eigenvalue weighted by Crippen LogP contribution is -2.41. The predicted octanol–water partition coefficient (Wildman–Crippen LogP) is 6.06. The van der Waals surface area contributed by atoms with Crippen LogP contribution >= 0.6 is 0 Å². The Morgan fingerprint density at radius 3 is 2.46 bits per heavy atom. The quantitative estimate of drug-likeness (QED) is 0.273. The number of para-hydroxylation sites is 1. The average Bonchev–Trinajstić information content (AvgIpc) is 2.93. The van der Waals surface area contributed by atoms with E-state index in [0.717, 1.165) is 58.3 Å². The van der Waals surface area contributed by atoms with E-state index in [9.17, 15) is 5.26 Å². The SMILES string of the molecule is C=C(N)N=C(C)/C(C#N)=C(\C)N(CCC)CC1=Nc2cccc(-c3cncnc3)c2C(=C)N1c1ccccc1. The number of rotatable bonds is 9. The summed E-state index contributed by atoms with van der Waals surface area (Å²) in [5.74, 6) is 0.956. The normalized spacial score (nSPS) is 13.7. The van der Waals surface area contributed by atoms with Crippen LogP contribution in [0, 0.1) is 11.3 Å². The van der Waals surface area contributed by atoms with Crippen LogP contribution < -0.4 is 10.6 Å². The number of nitrogens with zero attached hydrogens (tertiary/aromatic N) is 7. The molecule has 0 fully saturated rings. The Bertz CT molecular complexity index is 1510. The zero-order chi connectivity index (χ0) is 27.9. The van der Waals surface area contributed by atoms with Gasteiger partial charge in [0.05, 0.1) is 29.2 Å². The summed E-state index contributed by atoms with van der Waals surface area (Å²) < 4.78 is 0. The molecule has 0 saturated carbocycles. The van der Waals surface area contributed by atoms with Crippen molar-refractivity contribution in [3.8, 4) is 17.2 Å². The third-order valence-corrected chi connectivity index (χ3v) is 6.44. The van der Waals surface area contributed by atoms with Gasteiger partial charge in [0.25, 0.3) is 0 Å². The van der Waals surface area contributed by atoms with Gasteiger partial charge in [-0.25, -0.2) is 20.0 Å². The molecule has 4 rings (SSSR count). The van der Waals surface area contributed by atoms with E-state index in [1.54, 1.807) is 19.3 Å². The molecule has 1 aromatic heterocycles. The molecule has 1 aliphatic heterocycles. The van der Waals surface area contributed by atoms with Crippen LogP contribution in [0.3, 0.4) is 0 Å². The Morgan fingerprint density at radius 1 is 1.10 bits per heavy atom. The number of hydrogen-bond donors (Lipinski definition) is 1. The third kappa shape index (κ3) is 5.78. The molecule has 8 nitrogen and oxygen atoms in total. The van der Waals surface area contributed by atoms with Gasteiger partial charge in [-0.05, 0) is 44.0 Å². The Hall–Kier alpha value is -5.03. The predicted molar refractivity (Wildman–Crippen MR) is 159 cm³/mol. The van der Waals surface area contributed by atoms with E-state index in [1.165, 1.54) is 6.33 Å². The van der Waals surface area contributed by atoms with E-state index in [4.69, 9.17) is 10.7 Å². The van der Waals surface area contributed by atoms with Crippen LogP contribution in [0.15, 0.2) is 107 Å². The molecule has 0 saturated heterocycles. The van der Waals surface area contributed by atoms with Crippen molar-refractivity contribution >= 4 is 28.6 Å². The summed E-state index contributed by atoms with van der Waals surface area (Å²) in [7, 11) is 0. The Kier molecular flexibility index (Phi) is 8.32. The molecule has 0 spiro atoms. The van der Waals surface area contributed by atoms with E-state index in [2.05, 4.69) is 50.9 Å². The van der Waals surface area contributed by atoms with E-state index < -0.39 is 0 Å². The van der Waals surface area contributed by atoms with Crippen LogP contribution in [-0.2, 0) is 0 Å². The molecular weight excluding hydrogens is 484 g/mol. The van der Waals surface area contributed by atoms with Crippen LogP contribution in [0.5, 0.6) is 0 Å². The van der Waals surface area contributed by atoms with Crippen LogP contribution in [-0.4, -0.2) is 39.5 Å². The van der Waals surface area contributed by atoms with Crippen molar-refractivity contribution in [2.45, 2.75) is 27.2 Å². The number of nitrogens with two attached hydrogens (primary N) is 1. The molecule has 8 heteroatoms. The number of aromatic nitrogens is 2. The first-order chi connectivity index (χ1) is 18.8. The monoisotopic (exact) mass is 516 g/mol. The maximum Gasteiger partial charge on any atom is 0.133 e. The number of nitriles is 1. The summed E-state index contributed by atoms with van der Waals surface area (Å²) in [5.41, 5.74) is 12.8. The second-order valence-corrected chi connectivity index (χ2v) is 9.15. The second kappa shape index (κ2) is 12.0. The summed E-state index contributed by atoms with van der Waals surface area (Å²) in [4.78, 5) is 22.0. The molecule has 2 N–H and O–H groups in total. The minimum Gasteiger partial charge on any atom is -0.384 e. The van der Waals surface area contributed by atoms with Gasteiger partial charge in [-0.1, -0.05) is 50.4 Å². The second-order valence-electron chi connectivity index (χ2n) is 9.15. The minimum atomic E-state index is 0.162. The van der Waals surface area contributed by atoms with Gasteiger partial charge in [-0.2, -0.15) is 5.26 Å².